The lowest BCUT2D eigenvalue weighted by atomic mass is 9.93. The van der Waals surface area contributed by atoms with Crippen LogP contribution in [0.2, 0.25) is 0 Å². The fourth-order valence-electron chi connectivity index (χ4n) is 5.35. The molecule has 0 aromatic rings. The highest BCUT2D eigenvalue weighted by Crippen LogP contribution is 2.20. The van der Waals surface area contributed by atoms with Gasteiger partial charge in [-0.2, -0.15) is 0 Å². The largest absolute Gasteiger partial charge is 0.481 e. The minimum Gasteiger partial charge on any atom is -0.481 e. The highest BCUT2D eigenvalue weighted by Gasteiger charge is 2.14. The van der Waals surface area contributed by atoms with Gasteiger partial charge < -0.3 is 19.7 Å². The molecule has 10 nitrogen and oxygen atoms in total. The molecule has 1 atom stereocenters. The number of methoxy groups -OCH3 is 1. The lowest BCUT2D eigenvalue weighted by Gasteiger charge is -2.18. The number of hydrogen-bond acceptors (Lipinski definition) is 8. The van der Waals surface area contributed by atoms with Crippen LogP contribution in [0, 0.1) is 22.7 Å². The number of rotatable bonds is 32. The molecule has 0 aliphatic rings. The number of carboxylic acids is 2. The first-order chi connectivity index (χ1) is 27.1. The number of esters is 2. The highest BCUT2D eigenvalue weighted by molar-refractivity contribution is 6.34. The molecule has 0 rings (SSSR count). The normalized spacial score (nSPS) is 10.5. The van der Waals surface area contributed by atoms with Crippen molar-refractivity contribution in [1.29, 1.82) is 10.8 Å². The summed E-state index contributed by atoms with van der Waals surface area (Å²) in [5.41, 5.74) is -0.0650. The summed E-state index contributed by atoms with van der Waals surface area (Å²) >= 11 is 0. The maximum absolute atomic E-state index is 11.5. The van der Waals surface area contributed by atoms with Crippen molar-refractivity contribution in [2.45, 2.75) is 242 Å². The number of hydrogen-bond donors (Lipinski definition) is 4. The molecule has 0 fully saturated rings. The van der Waals surface area contributed by atoms with Gasteiger partial charge in [0.1, 0.15) is 11.4 Å². The topological polar surface area (TPSA) is 175 Å². The predicted molar refractivity (Wildman–Crippen MR) is 241 cm³/mol. The van der Waals surface area contributed by atoms with Crippen LogP contribution in [0.25, 0.3) is 0 Å². The fourth-order valence-corrected chi connectivity index (χ4v) is 5.35. The number of carboxylic acid groups (broad SMARTS) is 2. The molecule has 0 saturated heterocycles. The standard InChI is InChI=1S/C23H45NO2.C14H30.C4H7NO2.2C3H6O2/c1-5-6-7-8-9-10-11-12-13-14-15-16-22(18-17-20(2)3)19-26-23(25)21(4)24;1-3-5-7-9-11-13-14-12-10-8-6-4-2;1-3(5)4(6)7-2;2*1-2-3(4)5/h20,22,24H,5-19H2,1-4H3;3-14H2,1-2H3;5H,1-2H3;2*2H2,1H3,(H,4,5). The smallest absolute Gasteiger partial charge is 0.351 e. The maximum Gasteiger partial charge on any atom is 0.351 e. The van der Waals surface area contributed by atoms with Crippen molar-refractivity contribution in [3.05, 3.63) is 0 Å². The average Bonchev–Trinajstić information content (AvgIpc) is 3.18. The van der Waals surface area contributed by atoms with Gasteiger partial charge in [-0.1, -0.05) is 203 Å². The van der Waals surface area contributed by atoms with Gasteiger partial charge in [0.15, 0.2) is 0 Å². The second kappa shape index (κ2) is 53.2. The Hall–Kier alpha value is -2.78. The summed E-state index contributed by atoms with van der Waals surface area (Å²) < 4.78 is 9.43. The minimum atomic E-state index is -0.745. The Kier molecular flexibility index (Phi) is 59.2. The zero-order valence-electron chi connectivity index (χ0n) is 39.0. The summed E-state index contributed by atoms with van der Waals surface area (Å²) in [5, 5.41) is 29.4. The summed E-state index contributed by atoms with van der Waals surface area (Å²) in [6.45, 7) is 17.9. The van der Waals surface area contributed by atoms with Gasteiger partial charge in [-0.3, -0.25) is 20.4 Å². The van der Waals surface area contributed by atoms with E-state index >= 15 is 0 Å². The molecule has 0 aromatic heterocycles. The molecule has 0 heterocycles. The molecular formula is C47H94N2O8. The summed E-state index contributed by atoms with van der Waals surface area (Å²) in [6, 6.07) is 0. The molecule has 4 N–H and O–H groups in total. The number of nitrogens with one attached hydrogen (secondary N) is 2. The van der Waals surface area contributed by atoms with E-state index in [1.165, 1.54) is 175 Å². The van der Waals surface area contributed by atoms with Crippen LogP contribution in [0.5, 0.6) is 0 Å². The quantitative estimate of drug-likeness (QED) is 0.0295. The number of unbranched alkanes of at least 4 members (excludes halogenated alkanes) is 21. The van der Waals surface area contributed by atoms with Crippen molar-refractivity contribution >= 4 is 35.3 Å². The lowest BCUT2D eigenvalue weighted by molar-refractivity contribution is -0.137. The van der Waals surface area contributed by atoms with Crippen LogP contribution >= 0.6 is 0 Å². The second-order valence-electron chi connectivity index (χ2n) is 15.5. The average molecular weight is 815 g/mol. The molecule has 0 saturated carbocycles. The Bertz CT molecular complexity index is 897. The van der Waals surface area contributed by atoms with Crippen LogP contribution in [-0.2, 0) is 28.7 Å². The Morgan fingerprint density at radius 3 is 0.965 bits per heavy atom. The number of aliphatic carboxylic acids is 2. The first-order valence-electron chi connectivity index (χ1n) is 22.9. The fraction of sp³-hybridized carbons (Fsp3) is 0.872. The Morgan fingerprint density at radius 1 is 0.474 bits per heavy atom. The van der Waals surface area contributed by atoms with E-state index in [1.54, 1.807) is 13.8 Å². The summed E-state index contributed by atoms with van der Waals surface area (Å²) in [5.74, 6) is -1.37. The van der Waals surface area contributed by atoms with E-state index in [4.69, 9.17) is 25.8 Å². The number of carbonyl (C=O) groups is 4. The van der Waals surface area contributed by atoms with Crippen LogP contribution in [0.15, 0.2) is 0 Å². The van der Waals surface area contributed by atoms with Crippen molar-refractivity contribution in [1.82, 2.24) is 0 Å². The van der Waals surface area contributed by atoms with E-state index in [2.05, 4.69) is 39.4 Å². The van der Waals surface area contributed by atoms with Gasteiger partial charge in [-0.05, 0) is 38.5 Å². The highest BCUT2D eigenvalue weighted by atomic mass is 16.5. The van der Waals surface area contributed by atoms with E-state index in [9.17, 15) is 19.2 Å². The van der Waals surface area contributed by atoms with E-state index < -0.39 is 23.9 Å². The third-order valence-corrected chi connectivity index (χ3v) is 9.18. The van der Waals surface area contributed by atoms with Crippen LogP contribution in [0.3, 0.4) is 0 Å². The van der Waals surface area contributed by atoms with Gasteiger partial charge in [0, 0.05) is 12.8 Å². The zero-order valence-corrected chi connectivity index (χ0v) is 39.0. The second-order valence-corrected chi connectivity index (χ2v) is 15.5. The molecule has 57 heavy (non-hydrogen) atoms. The van der Waals surface area contributed by atoms with E-state index in [0.29, 0.717) is 18.4 Å². The van der Waals surface area contributed by atoms with Crippen LogP contribution in [-0.4, -0.2) is 59.2 Å². The van der Waals surface area contributed by atoms with Crippen molar-refractivity contribution in [3.8, 4) is 0 Å². The van der Waals surface area contributed by atoms with E-state index in [1.807, 2.05) is 0 Å². The van der Waals surface area contributed by atoms with Gasteiger partial charge in [0.2, 0.25) is 0 Å². The van der Waals surface area contributed by atoms with Gasteiger partial charge in [0.25, 0.3) is 0 Å². The maximum atomic E-state index is 11.5. The minimum absolute atomic E-state index is 0.00213. The van der Waals surface area contributed by atoms with Gasteiger partial charge in [0.05, 0.1) is 13.7 Å². The van der Waals surface area contributed by atoms with E-state index in [-0.39, 0.29) is 24.3 Å². The molecule has 10 heteroatoms. The van der Waals surface area contributed by atoms with Crippen LogP contribution in [0.1, 0.15) is 242 Å². The zero-order chi connectivity index (χ0) is 44.5. The third kappa shape index (κ3) is 68.3. The Labute approximate surface area is 351 Å². The predicted octanol–water partition coefficient (Wildman–Crippen LogP) is 14.2. The Morgan fingerprint density at radius 2 is 0.754 bits per heavy atom. The molecule has 0 aliphatic heterocycles. The molecule has 0 bridgehead atoms. The monoisotopic (exact) mass is 815 g/mol. The summed E-state index contributed by atoms with van der Waals surface area (Å²) in [7, 11) is 1.25. The first-order valence-corrected chi connectivity index (χ1v) is 22.9. The summed E-state index contributed by atoms with van der Waals surface area (Å²) in [4.78, 5) is 40.3. The van der Waals surface area contributed by atoms with Crippen molar-refractivity contribution in [3.63, 3.8) is 0 Å². The van der Waals surface area contributed by atoms with Crippen molar-refractivity contribution < 1.29 is 38.9 Å². The lowest BCUT2D eigenvalue weighted by Crippen LogP contribution is -2.19. The molecule has 0 radical (unpaired) electrons. The Balaban J connectivity index is -0.000000240. The third-order valence-electron chi connectivity index (χ3n) is 9.18. The molecule has 0 aromatic carbocycles. The molecule has 340 valence electrons. The molecule has 0 aliphatic carbocycles. The van der Waals surface area contributed by atoms with Gasteiger partial charge in [-0.15, -0.1) is 0 Å². The molecular weight excluding hydrogens is 721 g/mol. The van der Waals surface area contributed by atoms with Crippen LogP contribution in [0.4, 0.5) is 0 Å². The molecule has 1 unspecified atom stereocenters. The summed E-state index contributed by atoms with van der Waals surface area (Å²) in [6.07, 6.45) is 36.3. The number of ether oxygens (including phenoxy) is 2. The van der Waals surface area contributed by atoms with Gasteiger partial charge in [-0.25, -0.2) is 9.59 Å². The van der Waals surface area contributed by atoms with Crippen molar-refractivity contribution in [2.75, 3.05) is 13.7 Å². The molecule has 0 amide bonds. The number of carbonyl (C=O) groups excluding carboxylic acids is 2. The SMILES string of the molecule is CCC(=O)O.CCC(=O)O.CCCCCCCCCCCCCC.CCCCCCCCCCCCCC(CCC(C)C)COC(=O)C(C)=N.COC(=O)C(C)=N. The first kappa shape index (κ1) is 63.4. The molecule has 0 spiro atoms. The van der Waals surface area contributed by atoms with Crippen LogP contribution < -0.4 is 0 Å². The van der Waals surface area contributed by atoms with Crippen molar-refractivity contribution in [2.24, 2.45) is 11.8 Å². The van der Waals surface area contributed by atoms with E-state index in [0.717, 1.165) is 12.8 Å². The van der Waals surface area contributed by atoms with Gasteiger partial charge >= 0.3 is 23.9 Å².